The highest BCUT2D eigenvalue weighted by Crippen LogP contribution is 2.15. The highest BCUT2D eigenvalue weighted by molar-refractivity contribution is 5.91. The van der Waals surface area contributed by atoms with Gasteiger partial charge in [0.1, 0.15) is 17.3 Å². The maximum absolute atomic E-state index is 12.1. The number of benzene rings is 2. The number of carbonyl (C=O) groups is 1. The van der Waals surface area contributed by atoms with E-state index in [1.807, 2.05) is 60.7 Å². The van der Waals surface area contributed by atoms with Gasteiger partial charge < -0.3 is 20.1 Å². The minimum Gasteiger partial charge on any atom is -0.497 e. The number of nitrogens with one attached hydrogen (secondary N) is 2. The molecule has 1 heterocycles. The van der Waals surface area contributed by atoms with Crippen LogP contribution in [0.3, 0.4) is 0 Å². The van der Waals surface area contributed by atoms with Gasteiger partial charge in [-0.1, -0.05) is 31.2 Å². The lowest BCUT2D eigenvalue weighted by Crippen LogP contribution is -2.20. The third-order valence-electron chi connectivity index (χ3n) is 4.60. The van der Waals surface area contributed by atoms with Crippen LogP contribution in [0, 0.1) is 0 Å². The number of pyridine rings is 1. The van der Waals surface area contributed by atoms with E-state index in [4.69, 9.17) is 9.47 Å². The summed E-state index contributed by atoms with van der Waals surface area (Å²) in [6, 6.07) is 19.4. The maximum Gasteiger partial charge on any atom is 0.262 e. The van der Waals surface area contributed by atoms with Crippen molar-refractivity contribution in [1.82, 2.24) is 4.98 Å². The van der Waals surface area contributed by atoms with Gasteiger partial charge in [-0.3, -0.25) is 4.79 Å². The normalized spacial score (nSPS) is 10.3. The van der Waals surface area contributed by atoms with Crippen molar-refractivity contribution in [1.29, 1.82) is 0 Å². The number of aryl methyl sites for hydroxylation is 1. The van der Waals surface area contributed by atoms with Gasteiger partial charge in [-0.25, -0.2) is 4.98 Å². The van der Waals surface area contributed by atoms with Gasteiger partial charge in [0.15, 0.2) is 6.61 Å². The number of rotatable bonds is 10. The van der Waals surface area contributed by atoms with E-state index in [9.17, 15) is 4.79 Å². The summed E-state index contributed by atoms with van der Waals surface area (Å²) in [5.41, 5.74) is 3.02. The summed E-state index contributed by atoms with van der Waals surface area (Å²) in [4.78, 5) is 16.5. The second-order valence-electron chi connectivity index (χ2n) is 6.79. The summed E-state index contributed by atoms with van der Waals surface area (Å²) in [6.07, 6.45) is 3.43. The van der Waals surface area contributed by atoms with Crippen molar-refractivity contribution in [2.45, 2.75) is 19.8 Å². The van der Waals surface area contributed by atoms with Gasteiger partial charge >= 0.3 is 0 Å². The average Bonchev–Trinajstić information content (AvgIpc) is 2.79. The SMILES string of the molecule is CCc1cccc(OCC(=O)Nc2ccc(NCCc3ccc(OC)cc3)nc2)c1. The molecular formula is C24H27N3O3. The van der Waals surface area contributed by atoms with Crippen LogP contribution in [0.1, 0.15) is 18.1 Å². The van der Waals surface area contributed by atoms with Crippen LogP contribution in [0.15, 0.2) is 66.9 Å². The van der Waals surface area contributed by atoms with E-state index >= 15 is 0 Å². The van der Waals surface area contributed by atoms with Crippen LogP contribution in [0.4, 0.5) is 11.5 Å². The van der Waals surface area contributed by atoms with Crippen molar-refractivity contribution in [3.63, 3.8) is 0 Å². The minimum absolute atomic E-state index is 0.0466. The van der Waals surface area contributed by atoms with Crippen LogP contribution >= 0.6 is 0 Å². The highest BCUT2D eigenvalue weighted by atomic mass is 16.5. The van der Waals surface area contributed by atoms with Crippen molar-refractivity contribution in [3.05, 3.63) is 78.0 Å². The summed E-state index contributed by atoms with van der Waals surface area (Å²) < 4.78 is 10.7. The van der Waals surface area contributed by atoms with Crippen molar-refractivity contribution >= 4 is 17.4 Å². The summed E-state index contributed by atoms with van der Waals surface area (Å²) >= 11 is 0. The van der Waals surface area contributed by atoms with Crippen LogP contribution < -0.4 is 20.1 Å². The number of carbonyl (C=O) groups excluding carboxylic acids is 1. The number of methoxy groups -OCH3 is 1. The molecule has 0 aliphatic heterocycles. The summed E-state index contributed by atoms with van der Waals surface area (Å²) in [5, 5.41) is 6.07. The fraction of sp³-hybridized carbons (Fsp3) is 0.250. The van der Waals surface area contributed by atoms with E-state index in [2.05, 4.69) is 22.5 Å². The first kappa shape index (κ1) is 21.2. The predicted molar refractivity (Wildman–Crippen MR) is 119 cm³/mol. The molecule has 0 saturated heterocycles. The molecule has 156 valence electrons. The monoisotopic (exact) mass is 405 g/mol. The van der Waals surface area contributed by atoms with E-state index in [1.54, 1.807) is 13.3 Å². The van der Waals surface area contributed by atoms with Crippen LogP contribution in [0.5, 0.6) is 11.5 Å². The Morgan fingerprint density at radius 2 is 1.83 bits per heavy atom. The summed E-state index contributed by atoms with van der Waals surface area (Å²) in [5.74, 6) is 2.08. The van der Waals surface area contributed by atoms with Gasteiger partial charge in [0, 0.05) is 6.54 Å². The Labute approximate surface area is 177 Å². The third-order valence-corrected chi connectivity index (χ3v) is 4.60. The van der Waals surface area contributed by atoms with Gasteiger partial charge in [-0.05, 0) is 60.4 Å². The standard InChI is InChI=1S/C24H27N3O3/c1-3-18-5-4-6-22(15-18)30-17-24(28)27-20-9-12-23(26-16-20)25-14-13-19-7-10-21(29-2)11-8-19/h4-12,15-16H,3,13-14,17H2,1-2H3,(H,25,26)(H,27,28). The number of ether oxygens (including phenoxy) is 2. The zero-order valence-electron chi connectivity index (χ0n) is 17.4. The first-order valence-corrected chi connectivity index (χ1v) is 10.0. The summed E-state index contributed by atoms with van der Waals surface area (Å²) in [7, 11) is 1.66. The quantitative estimate of drug-likeness (QED) is 0.525. The summed E-state index contributed by atoms with van der Waals surface area (Å²) in [6.45, 7) is 2.79. The van der Waals surface area contributed by atoms with Crippen molar-refractivity contribution in [3.8, 4) is 11.5 Å². The molecule has 0 aliphatic rings. The van der Waals surface area contributed by atoms with Crippen molar-refractivity contribution in [2.24, 2.45) is 0 Å². The second-order valence-corrected chi connectivity index (χ2v) is 6.79. The fourth-order valence-corrected chi connectivity index (χ4v) is 2.90. The molecule has 3 rings (SSSR count). The van der Waals surface area contributed by atoms with Crippen LogP contribution in [-0.2, 0) is 17.6 Å². The Hall–Kier alpha value is -3.54. The average molecular weight is 405 g/mol. The van der Waals surface area contributed by atoms with E-state index in [-0.39, 0.29) is 12.5 Å². The number of hydrogen-bond acceptors (Lipinski definition) is 5. The van der Waals surface area contributed by atoms with Gasteiger partial charge in [0.05, 0.1) is 19.0 Å². The Bertz CT molecular complexity index is 941. The van der Waals surface area contributed by atoms with Crippen molar-refractivity contribution in [2.75, 3.05) is 30.9 Å². The Morgan fingerprint density at radius 3 is 2.53 bits per heavy atom. The predicted octanol–water partition coefficient (Wildman–Crippen LogP) is 4.32. The van der Waals surface area contributed by atoms with Crippen LogP contribution in [0.2, 0.25) is 0 Å². The molecule has 0 saturated carbocycles. The van der Waals surface area contributed by atoms with Gasteiger partial charge in [-0.15, -0.1) is 0 Å². The molecule has 3 aromatic rings. The largest absolute Gasteiger partial charge is 0.497 e. The Morgan fingerprint density at radius 1 is 1.00 bits per heavy atom. The Kier molecular flexibility index (Phi) is 7.66. The zero-order valence-corrected chi connectivity index (χ0v) is 17.4. The molecule has 1 amide bonds. The minimum atomic E-state index is -0.223. The maximum atomic E-state index is 12.1. The second kappa shape index (κ2) is 10.9. The van der Waals surface area contributed by atoms with Gasteiger partial charge in [0.2, 0.25) is 0 Å². The van der Waals surface area contributed by atoms with Gasteiger partial charge in [0.25, 0.3) is 5.91 Å². The molecular weight excluding hydrogens is 378 g/mol. The number of aromatic nitrogens is 1. The molecule has 30 heavy (non-hydrogen) atoms. The lowest BCUT2D eigenvalue weighted by molar-refractivity contribution is -0.118. The molecule has 2 aromatic carbocycles. The topological polar surface area (TPSA) is 72.5 Å². The van der Waals surface area contributed by atoms with Crippen LogP contribution in [-0.4, -0.2) is 31.2 Å². The zero-order chi connectivity index (χ0) is 21.2. The molecule has 0 unspecified atom stereocenters. The number of anilines is 2. The Balaban J connectivity index is 1.41. The number of hydrogen-bond donors (Lipinski definition) is 2. The molecule has 0 radical (unpaired) electrons. The van der Waals surface area contributed by atoms with E-state index in [0.29, 0.717) is 11.4 Å². The molecule has 0 bridgehead atoms. The molecule has 0 spiro atoms. The number of amides is 1. The molecule has 6 heteroatoms. The molecule has 0 atom stereocenters. The van der Waals surface area contributed by atoms with E-state index < -0.39 is 0 Å². The number of nitrogens with zero attached hydrogens (tertiary/aromatic N) is 1. The first-order valence-electron chi connectivity index (χ1n) is 10.0. The highest BCUT2D eigenvalue weighted by Gasteiger charge is 2.05. The smallest absolute Gasteiger partial charge is 0.262 e. The van der Waals surface area contributed by atoms with Gasteiger partial charge in [-0.2, -0.15) is 0 Å². The first-order chi connectivity index (χ1) is 14.7. The molecule has 0 fully saturated rings. The molecule has 2 N–H and O–H groups in total. The van der Waals surface area contributed by atoms with Crippen molar-refractivity contribution < 1.29 is 14.3 Å². The molecule has 1 aromatic heterocycles. The third kappa shape index (κ3) is 6.51. The van der Waals surface area contributed by atoms with Crippen LogP contribution in [0.25, 0.3) is 0 Å². The fourth-order valence-electron chi connectivity index (χ4n) is 2.90. The molecule has 0 aliphatic carbocycles. The lowest BCUT2D eigenvalue weighted by Gasteiger charge is -2.10. The van der Waals surface area contributed by atoms with E-state index in [1.165, 1.54) is 11.1 Å². The lowest BCUT2D eigenvalue weighted by atomic mass is 10.1. The molecule has 6 nitrogen and oxygen atoms in total. The van der Waals surface area contributed by atoms with E-state index in [0.717, 1.165) is 31.0 Å².